The molecule has 1 amide bonds. The SMILES string of the molecule is O=C([C@@H]1CCCNC1)N(Cc1ccc(Br)cc1)C1CC1. The zero-order valence-electron chi connectivity index (χ0n) is 11.6. The molecule has 3 rings (SSSR count). The van der Waals surface area contributed by atoms with E-state index in [1.807, 2.05) is 12.1 Å². The highest BCUT2D eigenvalue weighted by atomic mass is 79.9. The zero-order valence-corrected chi connectivity index (χ0v) is 13.2. The van der Waals surface area contributed by atoms with Gasteiger partial charge in [0.1, 0.15) is 0 Å². The van der Waals surface area contributed by atoms with Gasteiger partial charge in [-0.1, -0.05) is 28.1 Å². The first-order valence-corrected chi connectivity index (χ1v) is 8.29. The molecule has 0 unspecified atom stereocenters. The Balaban J connectivity index is 1.68. The van der Waals surface area contributed by atoms with Crippen LogP contribution in [0.5, 0.6) is 0 Å². The molecule has 1 saturated heterocycles. The highest BCUT2D eigenvalue weighted by Crippen LogP contribution is 2.31. The lowest BCUT2D eigenvalue weighted by Gasteiger charge is -2.30. The van der Waals surface area contributed by atoms with Gasteiger partial charge in [-0.15, -0.1) is 0 Å². The summed E-state index contributed by atoms with van der Waals surface area (Å²) in [5.74, 6) is 0.530. The van der Waals surface area contributed by atoms with Crippen LogP contribution in [0.1, 0.15) is 31.2 Å². The molecule has 20 heavy (non-hydrogen) atoms. The van der Waals surface area contributed by atoms with Crippen LogP contribution in [-0.4, -0.2) is 29.9 Å². The van der Waals surface area contributed by atoms with Gasteiger partial charge in [-0.3, -0.25) is 4.79 Å². The number of amides is 1. The Bertz CT molecular complexity index is 464. The highest BCUT2D eigenvalue weighted by Gasteiger charge is 2.36. The summed E-state index contributed by atoms with van der Waals surface area (Å²) in [5.41, 5.74) is 1.22. The Hall–Kier alpha value is -0.870. The smallest absolute Gasteiger partial charge is 0.227 e. The minimum atomic E-state index is 0.180. The molecule has 1 aromatic carbocycles. The van der Waals surface area contributed by atoms with Crippen molar-refractivity contribution in [3.8, 4) is 0 Å². The summed E-state index contributed by atoms with van der Waals surface area (Å²) in [5, 5.41) is 3.35. The van der Waals surface area contributed by atoms with Gasteiger partial charge in [0.15, 0.2) is 0 Å². The molecule has 1 N–H and O–H groups in total. The molecule has 4 heteroatoms. The lowest BCUT2D eigenvalue weighted by Crippen LogP contribution is -2.43. The molecule has 1 aliphatic heterocycles. The Morgan fingerprint density at radius 1 is 1.25 bits per heavy atom. The molecular formula is C16H21BrN2O. The maximum atomic E-state index is 12.7. The summed E-state index contributed by atoms with van der Waals surface area (Å²) in [4.78, 5) is 14.8. The second-order valence-corrected chi connectivity index (χ2v) is 6.78. The molecule has 1 aromatic rings. The molecule has 1 heterocycles. The number of carbonyl (C=O) groups excluding carboxylic acids is 1. The number of carbonyl (C=O) groups is 1. The molecule has 1 aliphatic carbocycles. The van der Waals surface area contributed by atoms with Crippen LogP contribution in [0.2, 0.25) is 0 Å². The van der Waals surface area contributed by atoms with Crippen molar-refractivity contribution in [3.05, 3.63) is 34.3 Å². The number of nitrogens with one attached hydrogen (secondary N) is 1. The molecule has 1 atom stereocenters. The van der Waals surface area contributed by atoms with Gasteiger partial charge in [0, 0.05) is 23.6 Å². The fourth-order valence-electron chi connectivity index (χ4n) is 2.86. The first-order chi connectivity index (χ1) is 9.74. The average molecular weight is 337 g/mol. The quantitative estimate of drug-likeness (QED) is 0.916. The third-order valence-corrected chi connectivity index (χ3v) is 4.71. The monoisotopic (exact) mass is 336 g/mol. The predicted molar refractivity (Wildman–Crippen MR) is 83.3 cm³/mol. The van der Waals surface area contributed by atoms with Crippen LogP contribution in [0.4, 0.5) is 0 Å². The van der Waals surface area contributed by atoms with Crippen molar-refractivity contribution in [1.82, 2.24) is 10.2 Å². The number of benzene rings is 1. The van der Waals surface area contributed by atoms with Crippen molar-refractivity contribution >= 4 is 21.8 Å². The lowest BCUT2D eigenvalue weighted by atomic mass is 9.97. The van der Waals surface area contributed by atoms with Crippen LogP contribution in [0.3, 0.4) is 0 Å². The molecule has 0 radical (unpaired) electrons. The number of halogens is 1. The van der Waals surface area contributed by atoms with Crippen molar-refractivity contribution in [2.45, 2.75) is 38.3 Å². The van der Waals surface area contributed by atoms with Crippen LogP contribution < -0.4 is 5.32 Å². The van der Waals surface area contributed by atoms with Gasteiger partial charge in [0.2, 0.25) is 5.91 Å². The van der Waals surface area contributed by atoms with Gasteiger partial charge >= 0.3 is 0 Å². The molecule has 3 nitrogen and oxygen atoms in total. The average Bonchev–Trinajstić information content (AvgIpc) is 3.31. The van der Waals surface area contributed by atoms with Crippen LogP contribution in [0.25, 0.3) is 0 Å². The van der Waals surface area contributed by atoms with E-state index in [0.29, 0.717) is 11.9 Å². The number of rotatable bonds is 4. The van der Waals surface area contributed by atoms with Crippen LogP contribution in [0, 0.1) is 5.92 Å². The van der Waals surface area contributed by atoms with Crippen molar-refractivity contribution < 1.29 is 4.79 Å². The van der Waals surface area contributed by atoms with Crippen LogP contribution in [0.15, 0.2) is 28.7 Å². The molecule has 0 bridgehead atoms. The second-order valence-electron chi connectivity index (χ2n) is 5.87. The van der Waals surface area contributed by atoms with Crippen molar-refractivity contribution in [2.75, 3.05) is 13.1 Å². The third kappa shape index (κ3) is 3.41. The molecule has 2 fully saturated rings. The molecule has 0 spiro atoms. The van der Waals surface area contributed by atoms with E-state index in [2.05, 4.69) is 38.3 Å². The minimum absolute atomic E-state index is 0.180. The van der Waals surface area contributed by atoms with Gasteiger partial charge in [-0.2, -0.15) is 0 Å². The van der Waals surface area contributed by atoms with Gasteiger partial charge in [0.25, 0.3) is 0 Å². The number of piperidine rings is 1. The van der Waals surface area contributed by atoms with Crippen LogP contribution in [-0.2, 0) is 11.3 Å². The molecule has 0 aromatic heterocycles. The molecule has 2 aliphatic rings. The largest absolute Gasteiger partial charge is 0.335 e. The van der Waals surface area contributed by atoms with E-state index >= 15 is 0 Å². The summed E-state index contributed by atoms with van der Waals surface area (Å²) in [6.45, 7) is 2.66. The van der Waals surface area contributed by atoms with E-state index in [0.717, 1.165) is 36.9 Å². The number of hydrogen-bond donors (Lipinski definition) is 1. The summed E-state index contributed by atoms with van der Waals surface area (Å²) >= 11 is 3.46. The molecule has 1 saturated carbocycles. The highest BCUT2D eigenvalue weighted by molar-refractivity contribution is 9.10. The summed E-state index contributed by atoms with van der Waals surface area (Å²) < 4.78 is 1.09. The van der Waals surface area contributed by atoms with Crippen LogP contribution >= 0.6 is 15.9 Å². The maximum absolute atomic E-state index is 12.7. The fraction of sp³-hybridized carbons (Fsp3) is 0.562. The van der Waals surface area contributed by atoms with E-state index in [1.165, 1.54) is 18.4 Å². The summed E-state index contributed by atoms with van der Waals surface area (Å²) in [6.07, 6.45) is 4.49. The maximum Gasteiger partial charge on any atom is 0.227 e. The van der Waals surface area contributed by atoms with Gasteiger partial charge in [0.05, 0.1) is 5.92 Å². The van der Waals surface area contributed by atoms with E-state index < -0.39 is 0 Å². The van der Waals surface area contributed by atoms with E-state index in [4.69, 9.17) is 0 Å². The lowest BCUT2D eigenvalue weighted by molar-refractivity contribution is -0.137. The van der Waals surface area contributed by atoms with Gasteiger partial charge < -0.3 is 10.2 Å². The molecule has 108 valence electrons. The normalized spacial score (nSPS) is 22.6. The van der Waals surface area contributed by atoms with Crippen molar-refractivity contribution in [2.24, 2.45) is 5.92 Å². The molecular weight excluding hydrogens is 316 g/mol. The van der Waals surface area contributed by atoms with E-state index in [-0.39, 0.29) is 5.92 Å². The Morgan fingerprint density at radius 3 is 2.60 bits per heavy atom. The number of nitrogens with zero attached hydrogens (tertiary/aromatic N) is 1. The van der Waals surface area contributed by atoms with Crippen molar-refractivity contribution in [1.29, 1.82) is 0 Å². The topological polar surface area (TPSA) is 32.3 Å². The fourth-order valence-corrected chi connectivity index (χ4v) is 3.12. The number of hydrogen-bond acceptors (Lipinski definition) is 2. The first kappa shape index (κ1) is 14.1. The standard InChI is InChI=1S/C16H21BrN2O/c17-14-5-3-12(4-6-14)11-19(15-7-8-15)16(20)13-2-1-9-18-10-13/h3-6,13,15,18H,1-2,7-11H2/t13-/m1/s1. The Kier molecular flexibility index (Phi) is 4.41. The zero-order chi connectivity index (χ0) is 13.9. The van der Waals surface area contributed by atoms with Gasteiger partial charge in [-0.25, -0.2) is 0 Å². The van der Waals surface area contributed by atoms with Gasteiger partial charge in [-0.05, 0) is 49.9 Å². The summed E-state index contributed by atoms with van der Waals surface area (Å²) in [7, 11) is 0. The third-order valence-electron chi connectivity index (χ3n) is 4.18. The minimum Gasteiger partial charge on any atom is -0.335 e. The van der Waals surface area contributed by atoms with E-state index in [1.54, 1.807) is 0 Å². The van der Waals surface area contributed by atoms with Crippen molar-refractivity contribution in [3.63, 3.8) is 0 Å². The Morgan fingerprint density at radius 2 is 2.00 bits per heavy atom. The second kappa shape index (κ2) is 6.27. The Labute approximate surface area is 128 Å². The predicted octanol–water partition coefficient (Wildman–Crippen LogP) is 2.94. The summed E-state index contributed by atoms with van der Waals surface area (Å²) in [6, 6.07) is 8.78. The van der Waals surface area contributed by atoms with E-state index in [9.17, 15) is 4.79 Å². The first-order valence-electron chi connectivity index (χ1n) is 7.49.